The topological polar surface area (TPSA) is 56.8 Å². The fourth-order valence-electron chi connectivity index (χ4n) is 3.26. The lowest BCUT2D eigenvalue weighted by atomic mass is 10.0. The number of nitrogens with one attached hydrogen (secondary N) is 1. The number of benzene rings is 3. The summed E-state index contributed by atoms with van der Waals surface area (Å²) in [4.78, 5) is 12.4. The maximum absolute atomic E-state index is 12.4. The molecule has 0 radical (unpaired) electrons. The summed E-state index contributed by atoms with van der Waals surface area (Å²) in [6.07, 6.45) is 0.337. The van der Waals surface area contributed by atoms with Crippen molar-refractivity contribution in [2.75, 3.05) is 27.4 Å². The summed E-state index contributed by atoms with van der Waals surface area (Å²) in [7, 11) is 3.26. The molecule has 5 heteroatoms. The highest BCUT2D eigenvalue weighted by Crippen LogP contribution is 2.26. The first-order valence-corrected chi connectivity index (χ1v) is 9.90. The van der Waals surface area contributed by atoms with Gasteiger partial charge in [-0.1, -0.05) is 60.7 Å². The predicted molar refractivity (Wildman–Crippen MR) is 117 cm³/mol. The number of hydrogen-bond donors (Lipinski definition) is 1. The van der Waals surface area contributed by atoms with Crippen LogP contribution in [0.1, 0.15) is 22.8 Å². The van der Waals surface area contributed by atoms with E-state index < -0.39 is 0 Å². The summed E-state index contributed by atoms with van der Waals surface area (Å²) in [6.45, 7) is 0.455. The Morgan fingerprint density at radius 2 is 1.50 bits per heavy atom. The molecule has 1 amide bonds. The Hall–Kier alpha value is -3.31. The van der Waals surface area contributed by atoms with Crippen molar-refractivity contribution in [3.63, 3.8) is 0 Å². The van der Waals surface area contributed by atoms with Crippen LogP contribution in [0.5, 0.6) is 11.5 Å². The molecular weight excluding hydrogens is 378 g/mol. The van der Waals surface area contributed by atoms with Crippen molar-refractivity contribution in [1.82, 2.24) is 5.32 Å². The second-order valence-electron chi connectivity index (χ2n) is 6.79. The van der Waals surface area contributed by atoms with E-state index in [-0.39, 0.29) is 18.6 Å². The zero-order chi connectivity index (χ0) is 21.2. The highest BCUT2D eigenvalue weighted by Gasteiger charge is 2.16. The van der Waals surface area contributed by atoms with E-state index in [1.54, 1.807) is 14.2 Å². The molecule has 0 fully saturated rings. The third kappa shape index (κ3) is 5.84. The minimum absolute atomic E-state index is 0.0241. The van der Waals surface area contributed by atoms with Crippen LogP contribution in [0.2, 0.25) is 0 Å². The number of rotatable bonds is 10. The highest BCUT2D eigenvalue weighted by molar-refractivity contribution is 5.77. The molecule has 5 nitrogen and oxygen atoms in total. The lowest BCUT2D eigenvalue weighted by Crippen LogP contribution is -2.30. The van der Waals surface area contributed by atoms with E-state index >= 15 is 0 Å². The van der Waals surface area contributed by atoms with Gasteiger partial charge in [0.05, 0.1) is 14.2 Å². The molecule has 0 saturated carbocycles. The molecule has 0 aromatic heterocycles. The molecule has 0 unspecified atom stereocenters. The normalized spacial score (nSPS) is 10.6. The fraction of sp³-hybridized carbons (Fsp3) is 0.240. The van der Waals surface area contributed by atoms with E-state index in [9.17, 15) is 4.79 Å². The zero-order valence-corrected chi connectivity index (χ0v) is 17.3. The number of hydrogen-bond acceptors (Lipinski definition) is 4. The molecule has 3 aromatic carbocycles. The van der Waals surface area contributed by atoms with Crippen LogP contribution in [-0.2, 0) is 16.0 Å². The maximum Gasteiger partial charge on any atom is 0.246 e. The smallest absolute Gasteiger partial charge is 0.246 e. The van der Waals surface area contributed by atoms with Crippen LogP contribution >= 0.6 is 0 Å². The molecule has 0 heterocycles. The van der Waals surface area contributed by atoms with Gasteiger partial charge in [0.25, 0.3) is 0 Å². The van der Waals surface area contributed by atoms with Crippen LogP contribution in [0, 0.1) is 0 Å². The van der Waals surface area contributed by atoms with Gasteiger partial charge in [-0.15, -0.1) is 0 Å². The summed E-state index contributed by atoms with van der Waals surface area (Å²) >= 11 is 0. The minimum atomic E-state index is -0.295. The quantitative estimate of drug-likeness (QED) is 0.550. The summed E-state index contributed by atoms with van der Waals surface area (Å²) in [5, 5.41) is 2.92. The zero-order valence-electron chi connectivity index (χ0n) is 17.3. The van der Waals surface area contributed by atoms with Gasteiger partial charge in [-0.25, -0.2) is 0 Å². The van der Waals surface area contributed by atoms with E-state index in [1.165, 1.54) is 0 Å². The molecule has 0 atom stereocenters. The first-order chi connectivity index (χ1) is 14.7. The molecule has 0 spiro atoms. The summed E-state index contributed by atoms with van der Waals surface area (Å²) in [6, 6.07) is 25.5. The second kappa shape index (κ2) is 11.0. The summed E-state index contributed by atoms with van der Waals surface area (Å²) < 4.78 is 16.7. The van der Waals surface area contributed by atoms with Gasteiger partial charge >= 0.3 is 0 Å². The standard InChI is InChI=1S/C25H27NO4/c1-28-22-13-14-23(29-2)21(17-22)15-16-26-24(27)18-30-25(19-9-5-3-6-10-19)20-11-7-4-8-12-20/h3-14,17,25H,15-16,18H2,1-2H3,(H,26,27). The van der Waals surface area contributed by atoms with Crippen LogP contribution in [0.4, 0.5) is 0 Å². The van der Waals surface area contributed by atoms with E-state index in [0.717, 1.165) is 28.2 Å². The summed E-state index contributed by atoms with van der Waals surface area (Å²) in [5.74, 6) is 1.37. The van der Waals surface area contributed by atoms with E-state index in [0.29, 0.717) is 13.0 Å². The van der Waals surface area contributed by atoms with E-state index in [2.05, 4.69) is 5.32 Å². The minimum Gasteiger partial charge on any atom is -0.497 e. The average Bonchev–Trinajstić information content (AvgIpc) is 2.80. The monoisotopic (exact) mass is 405 g/mol. The molecule has 0 aliphatic heterocycles. The molecule has 0 aliphatic carbocycles. The van der Waals surface area contributed by atoms with Crippen molar-refractivity contribution >= 4 is 5.91 Å². The van der Waals surface area contributed by atoms with Crippen LogP contribution < -0.4 is 14.8 Å². The Bertz CT molecular complexity index is 889. The largest absolute Gasteiger partial charge is 0.497 e. The lowest BCUT2D eigenvalue weighted by molar-refractivity contribution is -0.127. The van der Waals surface area contributed by atoms with Gasteiger partial charge in [-0.05, 0) is 41.3 Å². The Morgan fingerprint density at radius 3 is 2.07 bits per heavy atom. The van der Waals surface area contributed by atoms with Gasteiger partial charge in [0.1, 0.15) is 24.2 Å². The number of amides is 1. The molecule has 156 valence electrons. The Labute approximate surface area is 177 Å². The first-order valence-electron chi connectivity index (χ1n) is 9.90. The summed E-state index contributed by atoms with van der Waals surface area (Å²) in [5.41, 5.74) is 3.00. The van der Waals surface area contributed by atoms with Gasteiger partial charge in [0.15, 0.2) is 0 Å². The molecule has 0 aliphatic rings. The van der Waals surface area contributed by atoms with Crippen LogP contribution in [0.15, 0.2) is 78.9 Å². The van der Waals surface area contributed by atoms with Crippen molar-refractivity contribution in [1.29, 1.82) is 0 Å². The Balaban J connectivity index is 1.56. The third-order valence-corrected chi connectivity index (χ3v) is 4.79. The molecule has 3 rings (SSSR count). The molecular formula is C25H27NO4. The van der Waals surface area contributed by atoms with E-state index in [4.69, 9.17) is 14.2 Å². The third-order valence-electron chi connectivity index (χ3n) is 4.79. The molecule has 30 heavy (non-hydrogen) atoms. The molecule has 3 aromatic rings. The number of methoxy groups -OCH3 is 2. The SMILES string of the molecule is COc1ccc(OC)c(CCNC(=O)COC(c2ccccc2)c2ccccc2)c1. The second-order valence-corrected chi connectivity index (χ2v) is 6.79. The Morgan fingerprint density at radius 1 is 0.867 bits per heavy atom. The van der Waals surface area contributed by atoms with Gasteiger partial charge in [-0.2, -0.15) is 0 Å². The van der Waals surface area contributed by atoms with Crippen LogP contribution in [0.25, 0.3) is 0 Å². The predicted octanol–water partition coefficient (Wildman–Crippen LogP) is 4.17. The van der Waals surface area contributed by atoms with Gasteiger partial charge in [0, 0.05) is 6.54 Å². The van der Waals surface area contributed by atoms with Crippen molar-refractivity contribution in [2.24, 2.45) is 0 Å². The van der Waals surface area contributed by atoms with Gasteiger partial charge in [-0.3, -0.25) is 4.79 Å². The average molecular weight is 405 g/mol. The van der Waals surface area contributed by atoms with Crippen molar-refractivity contribution in [3.8, 4) is 11.5 Å². The molecule has 0 saturated heterocycles. The number of ether oxygens (including phenoxy) is 3. The fourth-order valence-corrected chi connectivity index (χ4v) is 3.26. The van der Waals surface area contributed by atoms with Crippen molar-refractivity contribution < 1.29 is 19.0 Å². The van der Waals surface area contributed by atoms with Crippen LogP contribution in [-0.4, -0.2) is 33.3 Å². The Kier molecular flexibility index (Phi) is 7.86. The highest BCUT2D eigenvalue weighted by atomic mass is 16.5. The maximum atomic E-state index is 12.4. The molecule has 1 N–H and O–H groups in total. The van der Waals surface area contributed by atoms with E-state index in [1.807, 2.05) is 78.9 Å². The van der Waals surface area contributed by atoms with Crippen molar-refractivity contribution in [3.05, 3.63) is 95.6 Å². The molecule has 0 bridgehead atoms. The number of carbonyl (C=O) groups is 1. The van der Waals surface area contributed by atoms with Crippen molar-refractivity contribution in [2.45, 2.75) is 12.5 Å². The van der Waals surface area contributed by atoms with Gasteiger partial charge in [0.2, 0.25) is 5.91 Å². The van der Waals surface area contributed by atoms with Crippen LogP contribution in [0.3, 0.4) is 0 Å². The number of carbonyl (C=O) groups excluding carboxylic acids is 1. The first kappa shape index (κ1) is 21.4. The lowest BCUT2D eigenvalue weighted by Gasteiger charge is -2.19. The van der Waals surface area contributed by atoms with Gasteiger partial charge < -0.3 is 19.5 Å².